The maximum absolute atomic E-state index is 14.0. The summed E-state index contributed by atoms with van der Waals surface area (Å²) in [5, 5.41) is 0. The summed E-state index contributed by atoms with van der Waals surface area (Å²) in [5.74, 6) is -2.68. The molecule has 156 valence electrons. The first kappa shape index (κ1) is 20.0. The minimum absolute atomic E-state index is 0.0538. The normalized spacial score (nSPS) is 21.6. The van der Waals surface area contributed by atoms with Gasteiger partial charge in [0.15, 0.2) is 0 Å². The van der Waals surface area contributed by atoms with E-state index in [1.165, 1.54) is 14.7 Å². The fourth-order valence-electron chi connectivity index (χ4n) is 4.08. The van der Waals surface area contributed by atoms with Crippen LogP contribution in [-0.4, -0.2) is 71.2 Å². The topological polar surface area (TPSA) is 60.9 Å². The van der Waals surface area contributed by atoms with E-state index >= 15 is 0 Å². The standard InChI is InChI=1S/C22H21F2N3O3/c1-25-18(11-14-5-3-2-4-6-14)22(30)27-10-9-26(13-19(27)21(25)29)20(28)16-12-15(23)7-8-17(16)24/h2-8,12,18-19H,9-11,13H2,1H3/t18-,19+/m0/s1. The highest BCUT2D eigenvalue weighted by Gasteiger charge is 2.47. The zero-order valence-electron chi connectivity index (χ0n) is 16.4. The molecule has 0 saturated carbocycles. The molecule has 4 rings (SSSR count). The van der Waals surface area contributed by atoms with Gasteiger partial charge < -0.3 is 14.7 Å². The van der Waals surface area contributed by atoms with E-state index in [1.54, 1.807) is 7.05 Å². The lowest BCUT2D eigenvalue weighted by Crippen LogP contribution is -2.70. The summed E-state index contributed by atoms with van der Waals surface area (Å²) >= 11 is 0. The summed E-state index contributed by atoms with van der Waals surface area (Å²) in [4.78, 5) is 43.0. The van der Waals surface area contributed by atoms with Gasteiger partial charge in [0.05, 0.1) is 12.1 Å². The number of likely N-dealkylation sites (N-methyl/N-ethyl adjacent to an activating group) is 1. The average Bonchev–Trinajstić information content (AvgIpc) is 2.76. The van der Waals surface area contributed by atoms with Crippen LogP contribution in [0.2, 0.25) is 0 Å². The van der Waals surface area contributed by atoms with Crippen molar-refractivity contribution >= 4 is 17.7 Å². The Morgan fingerprint density at radius 1 is 1.03 bits per heavy atom. The van der Waals surface area contributed by atoms with E-state index in [4.69, 9.17) is 0 Å². The number of rotatable bonds is 3. The summed E-state index contributed by atoms with van der Waals surface area (Å²) in [6.45, 7) is 0.255. The molecule has 6 nitrogen and oxygen atoms in total. The Hall–Kier alpha value is -3.29. The number of nitrogens with zero attached hydrogens (tertiary/aromatic N) is 3. The van der Waals surface area contributed by atoms with Gasteiger partial charge in [-0.2, -0.15) is 0 Å². The van der Waals surface area contributed by atoms with E-state index in [9.17, 15) is 23.2 Å². The zero-order valence-corrected chi connectivity index (χ0v) is 16.4. The Morgan fingerprint density at radius 3 is 2.50 bits per heavy atom. The third-order valence-corrected chi connectivity index (χ3v) is 5.77. The van der Waals surface area contributed by atoms with Gasteiger partial charge in [-0.1, -0.05) is 30.3 Å². The molecule has 0 radical (unpaired) electrons. The van der Waals surface area contributed by atoms with Gasteiger partial charge in [-0.3, -0.25) is 14.4 Å². The number of fused-ring (bicyclic) bond motifs is 1. The van der Waals surface area contributed by atoms with Crippen molar-refractivity contribution in [3.05, 3.63) is 71.3 Å². The molecule has 2 aromatic carbocycles. The lowest BCUT2D eigenvalue weighted by molar-refractivity contribution is -0.163. The quantitative estimate of drug-likeness (QED) is 0.770. The molecule has 2 aliphatic heterocycles. The van der Waals surface area contributed by atoms with E-state index in [0.29, 0.717) is 6.42 Å². The lowest BCUT2D eigenvalue weighted by atomic mass is 9.96. The number of benzene rings is 2. The molecule has 0 spiro atoms. The number of hydrogen-bond donors (Lipinski definition) is 0. The number of carbonyl (C=O) groups excluding carboxylic acids is 3. The molecule has 2 heterocycles. The second kappa shape index (κ2) is 7.85. The molecular weight excluding hydrogens is 392 g/mol. The highest BCUT2D eigenvalue weighted by Crippen LogP contribution is 2.24. The highest BCUT2D eigenvalue weighted by atomic mass is 19.1. The molecule has 2 fully saturated rings. The first-order valence-electron chi connectivity index (χ1n) is 9.72. The smallest absolute Gasteiger partial charge is 0.257 e. The Bertz CT molecular complexity index is 998. The van der Waals surface area contributed by atoms with E-state index in [0.717, 1.165) is 23.8 Å². The maximum atomic E-state index is 14.0. The number of hydrogen-bond acceptors (Lipinski definition) is 3. The van der Waals surface area contributed by atoms with Crippen molar-refractivity contribution in [1.29, 1.82) is 0 Å². The molecule has 2 aromatic rings. The second-order valence-corrected chi connectivity index (χ2v) is 7.58. The van der Waals surface area contributed by atoms with E-state index in [-0.39, 0.29) is 37.0 Å². The van der Waals surface area contributed by atoms with Crippen molar-refractivity contribution < 1.29 is 23.2 Å². The van der Waals surface area contributed by atoms with Crippen molar-refractivity contribution in [2.24, 2.45) is 0 Å². The summed E-state index contributed by atoms with van der Waals surface area (Å²) in [6.07, 6.45) is 0.405. The largest absolute Gasteiger partial charge is 0.334 e. The van der Waals surface area contributed by atoms with Gasteiger partial charge in [0.2, 0.25) is 11.8 Å². The molecule has 3 amide bonds. The van der Waals surface area contributed by atoms with Crippen molar-refractivity contribution in [1.82, 2.24) is 14.7 Å². The Balaban J connectivity index is 1.52. The molecule has 2 atom stereocenters. The van der Waals surface area contributed by atoms with Gasteiger partial charge >= 0.3 is 0 Å². The van der Waals surface area contributed by atoms with E-state index in [1.807, 2.05) is 30.3 Å². The van der Waals surface area contributed by atoms with Crippen LogP contribution in [0.4, 0.5) is 8.78 Å². The van der Waals surface area contributed by atoms with Crippen LogP contribution < -0.4 is 0 Å². The molecule has 0 N–H and O–H groups in total. The van der Waals surface area contributed by atoms with Crippen LogP contribution in [0, 0.1) is 11.6 Å². The fraction of sp³-hybridized carbons (Fsp3) is 0.318. The van der Waals surface area contributed by atoms with Crippen LogP contribution in [0.3, 0.4) is 0 Å². The third-order valence-electron chi connectivity index (χ3n) is 5.77. The molecule has 2 aliphatic rings. The number of piperazine rings is 2. The van der Waals surface area contributed by atoms with Crippen molar-refractivity contribution in [2.75, 3.05) is 26.7 Å². The average molecular weight is 413 g/mol. The Kier molecular flexibility index (Phi) is 5.24. The Morgan fingerprint density at radius 2 is 1.77 bits per heavy atom. The van der Waals surface area contributed by atoms with Gasteiger partial charge in [-0.15, -0.1) is 0 Å². The monoisotopic (exact) mass is 413 g/mol. The fourth-order valence-corrected chi connectivity index (χ4v) is 4.08. The number of carbonyl (C=O) groups is 3. The molecule has 0 aliphatic carbocycles. The van der Waals surface area contributed by atoms with E-state index in [2.05, 4.69) is 0 Å². The van der Waals surface area contributed by atoms with Crippen molar-refractivity contribution in [3.63, 3.8) is 0 Å². The van der Waals surface area contributed by atoms with E-state index < -0.39 is 29.6 Å². The summed E-state index contributed by atoms with van der Waals surface area (Å²) < 4.78 is 27.5. The predicted molar refractivity (Wildman–Crippen MR) is 104 cm³/mol. The number of halogens is 2. The number of amides is 3. The van der Waals surface area contributed by atoms with Crippen molar-refractivity contribution in [2.45, 2.75) is 18.5 Å². The van der Waals surface area contributed by atoms with Gasteiger partial charge in [0.1, 0.15) is 23.7 Å². The van der Waals surface area contributed by atoms with Gasteiger partial charge in [0, 0.05) is 26.6 Å². The summed E-state index contributed by atoms with van der Waals surface area (Å²) in [6, 6.07) is 10.7. The van der Waals surface area contributed by atoms with Crippen LogP contribution in [0.5, 0.6) is 0 Å². The first-order valence-corrected chi connectivity index (χ1v) is 9.72. The Labute approximate surface area is 172 Å². The zero-order chi connectivity index (χ0) is 21.4. The van der Waals surface area contributed by atoms with Crippen LogP contribution >= 0.6 is 0 Å². The molecular formula is C22H21F2N3O3. The molecule has 0 bridgehead atoms. The summed E-state index contributed by atoms with van der Waals surface area (Å²) in [5.41, 5.74) is 0.567. The van der Waals surface area contributed by atoms with Gasteiger partial charge in [0.25, 0.3) is 5.91 Å². The molecule has 2 saturated heterocycles. The lowest BCUT2D eigenvalue weighted by Gasteiger charge is -2.48. The first-order chi connectivity index (χ1) is 14.4. The maximum Gasteiger partial charge on any atom is 0.257 e. The van der Waals surface area contributed by atoms with Gasteiger partial charge in [-0.05, 0) is 23.8 Å². The van der Waals surface area contributed by atoms with Crippen LogP contribution in [-0.2, 0) is 16.0 Å². The predicted octanol–water partition coefficient (Wildman–Crippen LogP) is 1.70. The van der Waals surface area contributed by atoms with Crippen LogP contribution in [0.1, 0.15) is 15.9 Å². The van der Waals surface area contributed by atoms with Crippen molar-refractivity contribution in [3.8, 4) is 0 Å². The minimum Gasteiger partial charge on any atom is -0.334 e. The molecule has 8 heteroatoms. The second-order valence-electron chi connectivity index (χ2n) is 7.58. The third kappa shape index (κ3) is 3.53. The van der Waals surface area contributed by atoms with Crippen LogP contribution in [0.15, 0.2) is 48.5 Å². The van der Waals surface area contributed by atoms with Crippen LogP contribution in [0.25, 0.3) is 0 Å². The highest BCUT2D eigenvalue weighted by molar-refractivity contribution is 5.99. The SMILES string of the molecule is CN1C(=O)[C@H]2CN(C(=O)c3cc(F)ccc3F)CCN2C(=O)[C@@H]1Cc1ccccc1. The summed E-state index contributed by atoms with van der Waals surface area (Å²) in [7, 11) is 1.58. The van der Waals surface area contributed by atoms with Gasteiger partial charge in [-0.25, -0.2) is 8.78 Å². The molecule has 0 aromatic heterocycles. The minimum atomic E-state index is -0.830. The molecule has 0 unspecified atom stereocenters. The molecule has 30 heavy (non-hydrogen) atoms.